The molecule has 0 spiro atoms. The predicted molar refractivity (Wildman–Crippen MR) is 78.6 cm³/mol. The third-order valence-electron chi connectivity index (χ3n) is 3.68. The van der Waals surface area contributed by atoms with Crippen molar-refractivity contribution in [3.05, 3.63) is 23.5 Å². The summed E-state index contributed by atoms with van der Waals surface area (Å²) in [6, 6.07) is 2.48. The Morgan fingerprint density at radius 1 is 1.30 bits per heavy atom. The van der Waals surface area contributed by atoms with E-state index in [2.05, 4.69) is 0 Å². The van der Waals surface area contributed by atoms with Crippen molar-refractivity contribution in [3.8, 4) is 5.75 Å². The third-order valence-corrected chi connectivity index (χ3v) is 5.06. The van der Waals surface area contributed by atoms with Crippen LogP contribution in [0.2, 0.25) is 0 Å². The maximum Gasteiger partial charge on any atom is 0.326 e. The number of benzene rings is 1. The molecule has 10 heteroatoms. The first-order valence-electron chi connectivity index (χ1n) is 7.01. The summed E-state index contributed by atoms with van der Waals surface area (Å²) in [7, 11) is -4.17. The first kappa shape index (κ1) is 16.0. The molecule has 8 nitrogen and oxygen atoms in total. The fourth-order valence-electron chi connectivity index (χ4n) is 2.64. The molecule has 1 aromatic carbocycles. The molecule has 0 atom stereocenters. The van der Waals surface area contributed by atoms with Crippen molar-refractivity contribution in [1.82, 2.24) is 9.62 Å². The molecule has 126 valence electrons. The number of anilines is 1. The number of nitrogens with zero attached hydrogens (tertiary/aromatic N) is 2. The molecule has 3 rings (SSSR count). The molecular formula is C13H16FN3O5S. The number of aromatic hydroxyl groups is 1. The number of amides is 1. The summed E-state index contributed by atoms with van der Waals surface area (Å²) in [6.45, 7) is 2.43. The number of hydrogen-bond acceptors (Lipinski definition) is 6. The summed E-state index contributed by atoms with van der Waals surface area (Å²) in [4.78, 5) is 13.3. The largest absolute Gasteiger partial charge is 0.506 e. The molecule has 2 aliphatic rings. The van der Waals surface area contributed by atoms with Crippen LogP contribution in [0.3, 0.4) is 0 Å². The van der Waals surface area contributed by atoms with E-state index in [-0.39, 0.29) is 0 Å². The van der Waals surface area contributed by atoms with Crippen LogP contribution < -0.4 is 9.03 Å². The summed E-state index contributed by atoms with van der Waals surface area (Å²) in [5.74, 6) is -2.19. The van der Waals surface area contributed by atoms with Crippen molar-refractivity contribution in [3.63, 3.8) is 0 Å². The Morgan fingerprint density at radius 2 is 2.00 bits per heavy atom. The van der Waals surface area contributed by atoms with Crippen LogP contribution in [0.1, 0.15) is 5.56 Å². The highest BCUT2D eigenvalue weighted by Gasteiger charge is 2.37. The molecule has 2 N–H and O–H groups in total. The lowest BCUT2D eigenvalue weighted by atomic mass is 10.1. The average molecular weight is 345 g/mol. The molecule has 2 heterocycles. The highest BCUT2D eigenvalue weighted by molar-refractivity contribution is 7.92. The predicted octanol–water partition coefficient (Wildman–Crippen LogP) is -0.456. The van der Waals surface area contributed by atoms with Gasteiger partial charge in [0.15, 0.2) is 5.82 Å². The van der Waals surface area contributed by atoms with Gasteiger partial charge in [0.05, 0.1) is 13.2 Å². The number of carbonyl (C=O) groups is 1. The molecular weight excluding hydrogens is 329 g/mol. The Hall–Kier alpha value is -1.91. The normalized spacial score (nSPS) is 21.4. The maximum atomic E-state index is 14.3. The van der Waals surface area contributed by atoms with Gasteiger partial charge < -0.3 is 9.84 Å². The van der Waals surface area contributed by atoms with Crippen molar-refractivity contribution in [2.45, 2.75) is 6.54 Å². The molecule has 23 heavy (non-hydrogen) atoms. The summed E-state index contributed by atoms with van der Waals surface area (Å²) in [5, 5.41) is 10.1. The number of phenolic OH excluding ortho intramolecular Hbond substituents is 1. The topological polar surface area (TPSA) is 99.2 Å². The number of phenols is 1. The highest BCUT2D eigenvalue weighted by Crippen LogP contribution is 2.34. The van der Waals surface area contributed by atoms with E-state index in [1.165, 1.54) is 12.1 Å². The van der Waals surface area contributed by atoms with Gasteiger partial charge in [0.25, 0.3) is 5.91 Å². The van der Waals surface area contributed by atoms with E-state index in [9.17, 15) is 22.7 Å². The lowest BCUT2D eigenvalue weighted by Gasteiger charge is -2.27. The Balaban J connectivity index is 1.87. The second-order valence-corrected chi connectivity index (χ2v) is 6.97. The van der Waals surface area contributed by atoms with E-state index in [0.29, 0.717) is 42.7 Å². The van der Waals surface area contributed by atoms with Gasteiger partial charge in [-0.25, -0.2) is 13.4 Å². The lowest BCUT2D eigenvalue weighted by Crippen LogP contribution is -2.35. The minimum absolute atomic E-state index is 0.415. The summed E-state index contributed by atoms with van der Waals surface area (Å²) >= 11 is 0. The minimum atomic E-state index is -4.17. The van der Waals surface area contributed by atoms with Crippen molar-refractivity contribution in [2.24, 2.45) is 0 Å². The smallest absolute Gasteiger partial charge is 0.326 e. The van der Waals surface area contributed by atoms with Gasteiger partial charge in [-0.15, -0.1) is 0 Å². The molecule has 2 aliphatic heterocycles. The van der Waals surface area contributed by atoms with E-state index in [1.54, 1.807) is 4.72 Å². The van der Waals surface area contributed by atoms with Gasteiger partial charge in [-0.1, -0.05) is 0 Å². The van der Waals surface area contributed by atoms with Gasteiger partial charge in [-0.05, 0) is 17.7 Å². The number of rotatable bonds is 3. The maximum absolute atomic E-state index is 14.3. The Labute approximate surface area is 132 Å². The monoisotopic (exact) mass is 345 g/mol. The quantitative estimate of drug-likeness (QED) is 0.769. The first-order chi connectivity index (χ1) is 10.9. The second-order valence-electron chi connectivity index (χ2n) is 5.37. The molecule has 2 fully saturated rings. The number of nitrogens with one attached hydrogen (secondary N) is 1. The summed E-state index contributed by atoms with van der Waals surface area (Å²) in [5.41, 5.74) is -0.00407. The zero-order valence-electron chi connectivity index (χ0n) is 12.2. The van der Waals surface area contributed by atoms with Gasteiger partial charge in [-0.2, -0.15) is 8.42 Å². The van der Waals surface area contributed by atoms with Crippen molar-refractivity contribution in [1.29, 1.82) is 0 Å². The van der Waals surface area contributed by atoms with Crippen molar-refractivity contribution < 1.29 is 27.4 Å². The van der Waals surface area contributed by atoms with Crippen LogP contribution in [-0.2, 0) is 26.3 Å². The average Bonchev–Trinajstić information content (AvgIpc) is 2.72. The van der Waals surface area contributed by atoms with Crippen LogP contribution in [0.15, 0.2) is 12.1 Å². The van der Waals surface area contributed by atoms with Crippen molar-refractivity contribution in [2.75, 3.05) is 37.2 Å². The number of hydrogen-bond donors (Lipinski definition) is 2. The molecule has 0 unspecified atom stereocenters. The molecule has 1 aromatic rings. The van der Waals surface area contributed by atoms with E-state index in [1.807, 2.05) is 4.90 Å². The number of morpholine rings is 1. The highest BCUT2D eigenvalue weighted by atomic mass is 32.2. The van der Waals surface area contributed by atoms with Crippen LogP contribution >= 0.6 is 0 Å². The minimum Gasteiger partial charge on any atom is -0.506 e. The van der Waals surface area contributed by atoms with Crippen molar-refractivity contribution >= 4 is 21.8 Å². The number of carbonyl (C=O) groups excluding carboxylic acids is 1. The fourth-order valence-corrected chi connectivity index (χ4v) is 3.81. The van der Waals surface area contributed by atoms with E-state index in [4.69, 9.17) is 4.74 Å². The second kappa shape index (κ2) is 5.95. The molecule has 0 aromatic heterocycles. The van der Waals surface area contributed by atoms with Crippen LogP contribution in [0, 0.1) is 5.82 Å². The molecule has 1 amide bonds. The zero-order valence-corrected chi connectivity index (χ0v) is 13.0. The van der Waals surface area contributed by atoms with Gasteiger partial charge in [0.2, 0.25) is 0 Å². The molecule has 2 saturated heterocycles. The number of ether oxygens (including phenoxy) is 1. The summed E-state index contributed by atoms with van der Waals surface area (Å²) in [6.07, 6.45) is 0. The molecule has 0 aliphatic carbocycles. The van der Waals surface area contributed by atoms with Gasteiger partial charge in [0.1, 0.15) is 18.0 Å². The van der Waals surface area contributed by atoms with Crippen LogP contribution in [0.25, 0.3) is 0 Å². The van der Waals surface area contributed by atoms with E-state index < -0.39 is 39.9 Å². The van der Waals surface area contributed by atoms with Crippen LogP contribution in [-0.4, -0.2) is 57.2 Å². The zero-order chi connectivity index (χ0) is 16.6. The molecule has 0 radical (unpaired) electrons. The Kier molecular flexibility index (Phi) is 4.13. The van der Waals surface area contributed by atoms with E-state index >= 15 is 0 Å². The SMILES string of the molecule is O=C1CN(c2c(O)cc(CN3CCOCC3)cc2F)S(=O)(=O)N1. The van der Waals surface area contributed by atoms with Gasteiger partial charge in [0, 0.05) is 19.6 Å². The lowest BCUT2D eigenvalue weighted by molar-refractivity contribution is -0.117. The standard InChI is InChI=1S/C13H16FN3O5S/c14-10-5-9(7-16-1-3-22-4-2-16)6-11(18)13(10)17-8-12(19)15-23(17,20)21/h5-6,18H,1-4,7-8H2,(H,15,19). The molecule has 0 bridgehead atoms. The van der Waals surface area contributed by atoms with Gasteiger partial charge >= 0.3 is 10.2 Å². The van der Waals surface area contributed by atoms with E-state index in [0.717, 1.165) is 0 Å². The third kappa shape index (κ3) is 3.23. The fraction of sp³-hybridized carbons (Fsp3) is 0.462. The summed E-state index contributed by atoms with van der Waals surface area (Å²) < 4.78 is 45.4. The Morgan fingerprint density at radius 3 is 2.57 bits per heavy atom. The Bertz CT molecular complexity index is 710. The number of halogens is 1. The molecule has 0 saturated carbocycles. The van der Waals surface area contributed by atoms with Crippen LogP contribution in [0.5, 0.6) is 5.75 Å². The van der Waals surface area contributed by atoms with Gasteiger partial charge in [-0.3, -0.25) is 9.69 Å². The van der Waals surface area contributed by atoms with Crippen LogP contribution in [0.4, 0.5) is 10.1 Å². The first-order valence-corrected chi connectivity index (χ1v) is 8.45.